The van der Waals surface area contributed by atoms with Gasteiger partial charge in [-0.2, -0.15) is 13.2 Å². The van der Waals surface area contributed by atoms with E-state index in [4.69, 9.17) is 0 Å². The van der Waals surface area contributed by atoms with Crippen LogP contribution in [0.15, 0.2) is 47.8 Å². The summed E-state index contributed by atoms with van der Waals surface area (Å²) in [6, 6.07) is 8.59. The molecule has 2 fully saturated rings. The van der Waals surface area contributed by atoms with Gasteiger partial charge >= 0.3 is 6.18 Å². The van der Waals surface area contributed by atoms with Crippen LogP contribution < -0.4 is 0 Å². The summed E-state index contributed by atoms with van der Waals surface area (Å²) in [6.45, 7) is 2.14. The maximum absolute atomic E-state index is 14.9. The first-order valence-electron chi connectivity index (χ1n) is 11.8. The monoisotopic (exact) mass is 458 g/mol. The predicted molar refractivity (Wildman–Crippen MR) is 115 cm³/mol. The molecule has 0 bridgehead atoms. The number of allylic oxidation sites excluding steroid dienone is 4. The van der Waals surface area contributed by atoms with E-state index in [1.165, 1.54) is 11.1 Å². The molecule has 2 aliphatic carbocycles. The topological polar surface area (TPSA) is 0 Å². The first-order chi connectivity index (χ1) is 15.2. The average Bonchev–Trinajstić information content (AvgIpc) is 2.78. The summed E-state index contributed by atoms with van der Waals surface area (Å²) in [5.41, 5.74) is 2.56. The highest BCUT2D eigenvalue weighted by Crippen LogP contribution is 2.44. The molecule has 2 saturated carbocycles. The lowest BCUT2D eigenvalue weighted by Gasteiger charge is -2.30. The quantitative estimate of drug-likeness (QED) is 0.373. The van der Waals surface area contributed by atoms with Crippen molar-refractivity contribution in [2.24, 2.45) is 17.8 Å². The lowest BCUT2D eigenvalue weighted by Crippen LogP contribution is -2.19. The highest BCUT2D eigenvalue weighted by molar-refractivity contribution is 5.26. The molecule has 0 spiro atoms. The van der Waals surface area contributed by atoms with E-state index < -0.39 is 41.4 Å². The minimum Gasteiger partial charge on any atom is -0.212 e. The summed E-state index contributed by atoms with van der Waals surface area (Å²) in [7, 11) is 0. The van der Waals surface area contributed by atoms with Crippen LogP contribution in [0, 0.1) is 17.8 Å². The zero-order valence-electron chi connectivity index (χ0n) is 18.5. The molecule has 3 rings (SSSR count). The van der Waals surface area contributed by atoms with E-state index in [0.29, 0.717) is 18.8 Å². The summed E-state index contributed by atoms with van der Waals surface area (Å²) in [5, 5.41) is 0. The molecule has 0 unspecified atom stereocenters. The lowest BCUT2D eigenvalue weighted by atomic mass is 9.76. The third-order valence-electron chi connectivity index (χ3n) is 7.08. The van der Waals surface area contributed by atoms with Gasteiger partial charge in [0.25, 0.3) is 0 Å². The fourth-order valence-electron chi connectivity index (χ4n) is 5.21. The average molecular weight is 459 g/mol. The van der Waals surface area contributed by atoms with Gasteiger partial charge in [0.15, 0.2) is 0 Å². The standard InChI is InChI=1S/C26H32F6/c1-2-3-17-4-6-18(7-5-17)19-8-12-21(13-9-19)24(28)25(29)22-14-10-20(11-15-22)23(27)16-26(30,31)32/h4-7,16,19-22H,2-3,8-15H2,1H3/b23-16-,25-24+. The second kappa shape index (κ2) is 10.9. The van der Waals surface area contributed by atoms with E-state index >= 15 is 0 Å². The fourth-order valence-corrected chi connectivity index (χ4v) is 5.21. The molecule has 178 valence electrons. The third kappa shape index (κ3) is 6.64. The van der Waals surface area contributed by atoms with E-state index in [2.05, 4.69) is 31.2 Å². The Bertz CT molecular complexity index is 789. The molecule has 6 heteroatoms. The van der Waals surface area contributed by atoms with Gasteiger partial charge in [0.1, 0.15) is 17.5 Å². The van der Waals surface area contributed by atoms with Crippen LogP contribution in [0.3, 0.4) is 0 Å². The zero-order chi connectivity index (χ0) is 23.3. The molecule has 0 radical (unpaired) electrons. The highest BCUT2D eigenvalue weighted by atomic mass is 19.4. The smallest absolute Gasteiger partial charge is 0.212 e. The number of aryl methyl sites for hydroxylation is 1. The maximum atomic E-state index is 14.9. The molecule has 32 heavy (non-hydrogen) atoms. The van der Waals surface area contributed by atoms with Crippen molar-refractivity contribution in [1.29, 1.82) is 0 Å². The molecule has 0 saturated heterocycles. The summed E-state index contributed by atoms with van der Waals surface area (Å²) in [5.74, 6) is -4.27. The Kier molecular flexibility index (Phi) is 8.51. The second-order valence-corrected chi connectivity index (χ2v) is 9.36. The Labute approximate surface area is 186 Å². The van der Waals surface area contributed by atoms with Gasteiger partial charge in [-0.05, 0) is 74.8 Å². The van der Waals surface area contributed by atoms with E-state index in [9.17, 15) is 26.3 Å². The van der Waals surface area contributed by atoms with Crippen LogP contribution in [0.25, 0.3) is 0 Å². The number of benzene rings is 1. The Morgan fingerprint density at radius 1 is 0.781 bits per heavy atom. The van der Waals surface area contributed by atoms with Gasteiger partial charge < -0.3 is 0 Å². The van der Waals surface area contributed by atoms with E-state index in [-0.39, 0.29) is 31.8 Å². The number of rotatable bonds is 6. The molecule has 0 amide bonds. The minimum absolute atomic E-state index is 0.102. The van der Waals surface area contributed by atoms with Crippen LogP contribution in [-0.4, -0.2) is 6.18 Å². The first-order valence-corrected chi connectivity index (χ1v) is 11.8. The van der Waals surface area contributed by atoms with Crippen LogP contribution in [0.4, 0.5) is 26.3 Å². The minimum atomic E-state index is -4.70. The van der Waals surface area contributed by atoms with Crippen molar-refractivity contribution in [3.63, 3.8) is 0 Å². The predicted octanol–water partition coefficient (Wildman–Crippen LogP) is 9.29. The van der Waals surface area contributed by atoms with Crippen molar-refractivity contribution in [3.05, 3.63) is 58.9 Å². The SMILES string of the molecule is CCCc1ccc(C2CCC(/C(F)=C(\F)C3CCC(/C(F)=C/C(F)(F)F)CC3)CC2)cc1. The normalized spacial score (nSPS) is 28.4. The molecule has 0 heterocycles. The number of hydrogen-bond donors (Lipinski definition) is 0. The van der Waals surface area contributed by atoms with E-state index in [1.807, 2.05) is 0 Å². The lowest BCUT2D eigenvalue weighted by molar-refractivity contribution is -0.0821. The van der Waals surface area contributed by atoms with E-state index in [1.54, 1.807) is 0 Å². The molecule has 0 aromatic heterocycles. The number of hydrogen-bond acceptors (Lipinski definition) is 0. The summed E-state index contributed by atoms with van der Waals surface area (Å²) < 4.78 is 80.4. The molecule has 0 N–H and O–H groups in total. The Morgan fingerprint density at radius 2 is 1.25 bits per heavy atom. The second-order valence-electron chi connectivity index (χ2n) is 9.36. The number of alkyl halides is 3. The molecule has 1 aromatic rings. The van der Waals surface area contributed by atoms with Crippen LogP contribution >= 0.6 is 0 Å². The van der Waals surface area contributed by atoms with Gasteiger partial charge in [0.2, 0.25) is 0 Å². The summed E-state index contributed by atoms with van der Waals surface area (Å²) in [6.07, 6.45) is 0.447. The van der Waals surface area contributed by atoms with Gasteiger partial charge in [-0.1, -0.05) is 37.6 Å². The van der Waals surface area contributed by atoms with Crippen molar-refractivity contribution >= 4 is 0 Å². The highest BCUT2D eigenvalue weighted by Gasteiger charge is 2.34. The van der Waals surface area contributed by atoms with Crippen LogP contribution in [-0.2, 0) is 6.42 Å². The van der Waals surface area contributed by atoms with Crippen LogP contribution in [0.5, 0.6) is 0 Å². The molecular formula is C26H32F6. The van der Waals surface area contributed by atoms with Crippen molar-refractivity contribution < 1.29 is 26.3 Å². The Balaban J connectivity index is 1.53. The summed E-state index contributed by atoms with van der Waals surface area (Å²) >= 11 is 0. The number of halogens is 6. The van der Waals surface area contributed by atoms with Crippen LogP contribution in [0.2, 0.25) is 0 Å². The van der Waals surface area contributed by atoms with Gasteiger partial charge in [-0.25, -0.2) is 13.2 Å². The van der Waals surface area contributed by atoms with Crippen molar-refractivity contribution in [3.8, 4) is 0 Å². The van der Waals surface area contributed by atoms with Crippen molar-refractivity contribution in [2.75, 3.05) is 0 Å². The van der Waals surface area contributed by atoms with Gasteiger partial charge in [0, 0.05) is 17.8 Å². The molecule has 0 aliphatic heterocycles. The van der Waals surface area contributed by atoms with Crippen molar-refractivity contribution in [2.45, 2.75) is 83.2 Å². The van der Waals surface area contributed by atoms with Gasteiger partial charge in [-0.3, -0.25) is 0 Å². The van der Waals surface area contributed by atoms with Crippen molar-refractivity contribution in [1.82, 2.24) is 0 Å². The zero-order valence-corrected chi connectivity index (χ0v) is 18.5. The fraction of sp³-hybridized carbons (Fsp3) is 0.615. The molecule has 0 nitrogen and oxygen atoms in total. The molecule has 2 aliphatic rings. The Morgan fingerprint density at radius 3 is 1.72 bits per heavy atom. The van der Waals surface area contributed by atoms with E-state index in [0.717, 1.165) is 25.7 Å². The maximum Gasteiger partial charge on any atom is 0.412 e. The largest absolute Gasteiger partial charge is 0.412 e. The molecule has 1 aromatic carbocycles. The van der Waals surface area contributed by atoms with Crippen LogP contribution in [0.1, 0.15) is 81.8 Å². The molecule has 0 atom stereocenters. The molecular weight excluding hydrogens is 426 g/mol. The van der Waals surface area contributed by atoms with Gasteiger partial charge in [0.05, 0.1) is 6.08 Å². The Hall–Kier alpha value is -1.72. The summed E-state index contributed by atoms with van der Waals surface area (Å²) in [4.78, 5) is 0. The third-order valence-corrected chi connectivity index (χ3v) is 7.08. The first kappa shape index (κ1) is 24.9. The van der Waals surface area contributed by atoms with Gasteiger partial charge in [-0.15, -0.1) is 0 Å².